The van der Waals surface area contributed by atoms with Crippen LogP contribution in [0.15, 0.2) is 11.6 Å². The highest BCUT2D eigenvalue weighted by Crippen LogP contribution is 2.72. The van der Waals surface area contributed by atoms with E-state index in [9.17, 15) is 15.2 Å². The zero-order valence-electron chi connectivity index (χ0n) is 16.7. The first-order valence-electron chi connectivity index (χ1n) is 10.5. The van der Waals surface area contributed by atoms with Crippen molar-refractivity contribution in [2.24, 2.45) is 45.8 Å². The van der Waals surface area contributed by atoms with Gasteiger partial charge in [-0.3, -0.25) is 4.79 Å². The van der Waals surface area contributed by atoms with Crippen molar-refractivity contribution in [3.63, 3.8) is 0 Å². The number of allylic oxidation sites excluding steroid dienone is 2. The number of nitrogens with zero attached hydrogens (tertiary/aromatic N) is 1. The Bertz CT molecular complexity index is 703. The van der Waals surface area contributed by atoms with Crippen molar-refractivity contribution in [1.82, 2.24) is 0 Å². The Morgan fingerprint density at radius 3 is 2.58 bits per heavy atom. The molecule has 3 heteroatoms. The molecule has 1 spiro atoms. The third-order valence-corrected chi connectivity index (χ3v) is 9.19. The van der Waals surface area contributed by atoms with Crippen molar-refractivity contribution in [3.8, 4) is 6.07 Å². The predicted molar refractivity (Wildman–Crippen MR) is 101 cm³/mol. The Hall–Kier alpha value is -1.30. The molecule has 0 aromatic carbocycles. The van der Waals surface area contributed by atoms with Crippen LogP contribution in [0.2, 0.25) is 0 Å². The van der Waals surface area contributed by atoms with Crippen molar-refractivity contribution in [2.75, 3.05) is 0 Å². The average molecular weight is 356 g/mol. The van der Waals surface area contributed by atoms with Gasteiger partial charge in [0.05, 0.1) is 17.4 Å². The number of rotatable bonds is 2. The van der Waals surface area contributed by atoms with Gasteiger partial charge in [0.25, 0.3) is 0 Å². The maximum Gasteiger partial charge on any atom is 0.309 e. The maximum absolute atomic E-state index is 12.2. The molecular formula is C23H33NO2. The zero-order chi connectivity index (χ0) is 18.9. The number of nitriles is 1. The summed E-state index contributed by atoms with van der Waals surface area (Å²) in [5.41, 5.74) is 1.02. The van der Waals surface area contributed by atoms with Crippen LogP contribution in [0.5, 0.6) is 0 Å². The highest BCUT2D eigenvalue weighted by Gasteiger charge is 2.66. The van der Waals surface area contributed by atoms with Crippen LogP contribution in [-0.4, -0.2) is 11.1 Å². The quantitative estimate of drug-likeness (QED) is 0.672. The first-order chi connectivity index (χ1) is 12.2. The second-order valence-corrected chi connectivity index (χ2v) is 10.5. The first-order valence-corrected chi connectivity index (χ1v) is 10.5. The first kappa shape index (κ1) is 18.1. The molecule has 2 bridgehead atoms. The molecule has 0 aromatic heterocycles. The fourth-order valence-corrected chi connectivity index (χ4v) is 7.99. The average Bonchev–Trinajstić information content (AvgIpc) is 2.60. The van der Waals surface area contributed by atoms with Crippen LogP contribution in [0, 0.1) is 57.2 Å². The lowest BCUT2D eigenvalue weighted by molar-refractivity contribution is -0.185. The minimum absolute atomic E-state index is 0.00882. The molecule has 5 rings (SSSR count). The standard InChI is InChI=1S/C23H33NO2/c1-14(2)17-12-23-9-6-18-21(3,7-5-8-22(18,4)20(25)26)19(23)11-15(17)10-16(23)13-24/h12,14-16,18-19H,5-11H2,1-4H3,(H,25,26)/t15-,16+,18-,19-,21-,22+,23-/m0/s1. The number of carboxylic acid groups (broad SMARTS) is 1. The Morgan fingerprint density at radius 1 is 1.23 bits per heavy atom. The van der Waals surface area contributed by atoms with E-state index in [0.717, 1.165) is 38.5 Å². The number of carboxylic acids is 1. The third kappa shape index (κ3) is 2.08. The third-order valence-electron chi connectivity index (χ3n) is 9.19. The minimum Gasteiger partial charge on any atom is -0.481 e. The number of fused-ring (bicyclic) bond motifs is 2. The summed E-state index contributed by atoms with van der Waals surface area (Å²) in [7, 11) is 0. The molecule has 5 aliphatic rings. The van der Waals surface area contributed by atoms with Gasteiger partial charge in [0, 0.05) is 5.41 Å². The SMILES string of the molecule is CC(C)C1=C[C@]23CC[C@H]4[C@](C)(CCC[C@@]4(C)C(=O)O)[C@@H]2C[C@@H]1C[C@@H]3C#N. The molecule has 0 unspecified atom stereocenters. The van der Waals surface area contributed by atoms with Gasteiger partial charge in [-0.2, -0.15) is 5.26 Å². The summed E-state index contributed by atoms with van der Waals surface area (Å²) in [4.78, 5) is 12.2. The summed E-state index contributed by atoms with van der Waals surface area (Å²) < 4.78 is 0. The molecule has 0 radical (unpaired) electrons. The molecule has 5 aliphatic carbocycles. The van der Waals surface area contributed by atoms with Gasteiger partial charge in [0.1, 0.15) is 0 Å². The van der Waals surface area contributed by atoms with E-state index >= 15 is 0 Å². The molecular weight excluding hydrogens is 322 g/mol. The van der Waals surface area contributed by atoms with E-state index < -0.39 is 11.4 Å². The number of carbonyl (C=O) groups is 1. The topological polar surface area (TPSA) is 61.1 Å². The summed E-state index contributed by atoms with van der Waals surface area (Å²) in [6, 6.07) is 2.68. The molecule has 3 fully saturated rings. The fourth-order valence-electron chi connectivity index (χ4n) is 7.99. The van der Waals surface area contributed by atoms with E-state index in [1.165, 1.54) is 6.42 Å². The summed E-state index contributed by atoms with van der Waals surface area (Å²) >= 11 is 0. The van der Waals surface area contributed by atoms with Gasteiger partial charge in [-0.05, 0) is 74.5 Å². The van der Waals surface area contributed by atoms with Gasteiger partial charge < -0.3 is 5.11 Å². The molecule has 3 nitrogen and oxygen atoms in total. The molecule has 1 N–H and O–H groups in total. The zero-order valence-corrected chi connectivity index (χ0v) is 16.7. The predicted octanol–water partition coefficient (Wildman–Crippen LogP) is 5.43. The fraction of sp³-hybridized carbons (Fsp3) is 0.826. The van der Waals surface area contributed by atoms with Gasteiger partial charge in [-0.25, -0.2) is 0 Å². The van der Waals surface area contributed by atoms with Crippen LogP contribution in [0.1, 0.15) is 72.6 Å². The van der Waals surface area contributed by atoms with Crippen molar-refractivity contribution in [1.29, 1.82) is 5.26 Å². The minimum atomic E-state index is -0.611. The summed E-state index contributed by atoms with van der Waals surface area (Å²) in [6.45, 7) is 8.94. The number of hydrogen-bond acceptors (Lipinski definition) is 2. The highest BCUT2D eigenvalue weighted by molar-refractivity contribution is 5.75. The van der Waals surface area contributed by atoms with Crippen LogP contribution in [0.25, 0.3) is 0 Å². The Kier molecular flexibility index (Phi) is 3.89. The number of hydrogen-bond donors (Lipinski definition) is 1. The molecule has 0 saturated heterocycles. The second kappa shape index (κ2) is 5.60. The van der Waals surface area contributed by atoms with E-state index in [0.29, 0.717) is 17.8 Å². The van der Waals surface area contributed by atoms with E-state index in [2.05, 4.69) is 32.9 Å². The summed E-state index contributed by atoms with van der Waals surface area (Å²) in [5, 5.41) is 20.0. The lowest BCUT2D eigenvalue weighted by atomic mass is 9.36. The monoisotopic (exact) mass is 355 g/mol. The van der Waals surface area contributed by atoms with Gasteiger partial charge >= 0.3 is 5.97 Å². The molecule has 0 heterocycles. The lowest BCUT2D eigenvalue weighted by Crippen LogP contribution is -2.62. The lowest BCUT2D eigenvalue weighted by Gasteiger charge is -2.67. The number of aliphatic carboxylic acids is 1. The molecule has 26 heavy (non-hydrogen) atoms. The van der Waals surface area contributed by atoms with Gasteiger partial charge in [0.2, 0.25) is 0 Å². The Labute approximate surface area is 157 Å². The second-order valence-electron chi connectivity index (χ2n) is 10.5. The maximum atomic E-state index is 12.2. The Balaban J connectivity index is 1.82. The largest absolute Gasteiger partial charge is 0.481 e. The molecule has 0 aliphatic heterocycles. The van der Waals surface area contributed by atoms with E-state index in [4.69, 9.17) is 0 Å². The van der Waals surface area contributed by atoms with E-state index in [-0.39, 0.29) is 22.7 Å². The van der Waals surface area contributed by atoms with E-state index in [1.54, 1.807) is 5.57 Å². The van der Waals surface area contributed by atoms with Gasteiger partial charge in [-0.15, -0.1) is 0 Å². The summed E-state index contributed by atoms with van der Waals surface area (Å²) in [6.07, 6.45) is 9.62. The van der Waals surface area contributed by atoms with Crippen molar-refractivity contribution < 1.29 is 9.90 Å². The van der Waals surface area contributed by atoms with Gasteiger partial charge in [0.15, 0.2) is 0 Å². The highest BCUT2D eigenvalue weighted by atomic mass is 16.4. The van der Waals surface area contributed by atoms with Crippen LogP contribution >= 0.6 is 0 Å². The van der Waals surface area contributed by atoms with Gasteiger partial charge in [-0.1, -0.05) is 38.8 Å². The van der Waals surface area contributed by atoms with Crippen LogP contribution in [0.4, 0.5) is 0 Å². The van der Waals surface area contributed by atoms with Crippen LogP contribution in [0.3, 0.4) is 0 Å². The van der Waals surface area contributed by atoms with Crippen LogP contribution in [-0.2, 0) is 4.79 Å². The summed E-state index contributed by atoms with van der Waals surface area (Å²) in [5.74, 6) is 1.30. The molecule has 0 aromatic rings. The van der Waals surface area contributed by atoms with Crippen LogP contribution < -0.4 is 0 Å². The van der Waals surface area contributed by atoms with Crippen molar-refractivity contribution >= 4 is 5.97 Å². The molecule has 7 atom stereocenters. The molecule has 142 valence electrons. The normalized spacial score (nSPS) is 49.8. The smallest absolute Gasteiger partial charge is 0.309 e. The van der Waals surface area contributed by atoms with Crippen molar-refractivity contribution in [3.05, 3.63) is 11.6 Å². The Morgan fingerprint density at radius 2 is 1.96 bits per heavy atom. The molecule has 3 saturated carbocycles. The van der Waals surface area contributed by atoms with E-state index in [1.807, 2.05) is 6.92 Å². The van der Waals surface area contributed by atoms with Crippen molar-refractivity contribution in [2.45, 2.75) is 72.6 Å². The molecule has 0 amide bonds.